The summed E-state index contributed by atoms with van der Waals surface area (Å²) in [5.41, 5.74) is 2.72. The van der Waals surface area contributed by atoms with Crippen molar-refractivity contribution in [1.82, 2.24) is 0 Å². The summed E-state index contributed by atoms with van der Waals surface area (Å²) in [6.07, 6.45) is 11.3. The van der Waals surface area contributed by atoms with Crippen molar-refractivity contribution in [3.63, 3.8) is 0 Å². The van der Waals surface area contributed by atoms with Gasteiger partial charge in [0.15, 0.2) is 11.6 Å². The molecule has 0 amide bonds. The SMILES string of the molecule is C=CCOc1ccc(-c2ccc(-c3ccc(C4CCC(CCCCCCC)OC4)cc3F)cc2)c(F)c1F. The Labute approximate surface area is 224 Å². The highest BCUT2D eigenvalue weighted by molar-refractivity contribution is 5.71. The molecule has 0 aliphatic carbocycles. The fourth-order valence-corrected chi connectivity index (χ4v) is 5.14. The largest absolute Gasteiger partial charge is 0.486 e. The Kier molecular flexibility index (Phi) is 10.1. The first-order chi connectivity index (χ1) is 18.5. The highest BCUT2D eigenvalue weighted by atomic mass is 19.2. The van der Waals surface area contributed by atoms with Crippen LogP contribution in [0.15, 0.2) is 67.3 Å². The molecule has 0 N–H and O–H groups in total. The minimum atomic E-state index is -1.04. The van der Waals surface area contributed by atoms with Crippen LogP contribution in [-0.4, -0.2) is 19.3 Å². The summed E-state index contributed by atoms with van der Waals surface area (Å²) >= 11 is 0. The number of benzene rings is 3. The third-order valence-electron chi connectivity index (χ3n) is 7.37. The summed E-state index contributed by atoms with van der Waals surface area (Å²) in [4.78, 5) is 0. The highest BCUT2D eigenvalue weighted by Gasteiger charge is 2.23. The number of rotatable bonds is 12. The van der Waals surface area contributed by atoms with Crippen LogP contribution in [-0.2, 0) is 4.74 Å². The summed E-state index contributed by atoms with van der Waals surface area (Å²) < 4.78 is 55.5. The smallest absolute Gasteiger partial charge is 0.201 e. The van der Waals surface area contributed by atoms with Crippen molar-refractivity contribution >= 4 is 0 Å². The molecule has 2 atom stereocenters. The van der Waals surface area contributed by atoms with Crippen molar-refractivity contribution in [2.45, 2.75) is 70.3 Å². The van der Waals surface area contributed by atoms with Crippen LogP contribution in [0.2, 0.25) is 0 Å². The van der Waals surface area contributed by atoms with Gasteiger partial charge >= 0.3 is 0 Å². The lowest BCUT2D eigenvalue weighted by atomic mass is 9.89. The van der Waals surface area contributed by atoms with Crippen molar-refractivity contribution in [1.29, 1.82) is 0 Å². The minimum Gasteiger partial charge on any atom is -0.486 e. The van der Waals surface area contributed by atoms with Gasteiger partial charge in [-0.25, -0.2) is 8.78 Å². The molecular weight excluding hydrogens is 485 g/mol. The summed E-state index contributed by atoms with van der Waals surface area (Å²) in [5, 5.41) is 0. The maximum atomic E-state index is 15.2. The molecule has 4 rings (SSSR count). The lowest BCUT2D eigenvalue weighted by Crippen LogP contribution is -2.24. The van der Waals surface area contributed by atoms with E-state index in [1.807, 2.05) is 6.07 Å². The van der Waals surface area contributed by atoms with Gasteiger partial charge in [0.1, 0.15) is 12.4 Å². The minimum absolute atomic E-state index is 0.0856. The second-order valence-corrected chi connectivity index (χ2v) is 10.1. The third kappa shape index (κ3) is 6.87. The lowest BCUT2D eigenvalue weighted by molar-refractivity contribution is -0.00217. The first kappa shape index (κ1) is 28.0. The van der Waals surface area contributed by atoms with Crippen molar-refractivity contribution in [2.75, 3.05) is 13.2 Å². The van der Waals surface area contributed by atoms with Gasteiger partial charge in [0.25, 0.3) is 0 Å². The predicted octanol–water partition coefficient (Wildman–Crippen LogP) is 9.63. The van der Waals surface area contributed by atoms with Crippen LogP contribution in [0, 0.1) is 17.5 Å². The molecule has 0 aromatic heterocycles. The van der Waals surface area contributed by atoms with Crippen LogP contribution in [0.25, 0.3) is 22.3 Å². The number of ether oxygens (including phenoxy) is 2. The molecule has 3 aromatic carbocycles. The molecule has 1 fully saturated rings. The van der Waals surface area contributed by atoms with Crippen LogP contribution >= 0.6 is 0 Å². The third-order valence-corrected chi connectivity index (χ3v) is 7.37. The van der Waals surface area contributed by atoms with Gasteiger partial charge in [-0.1, -0.05) is 88.1 Å². The number of halogens is 3. The summed E-state index contributed by atoms with van der Waals surface area (Å²) in [6.45, 7) is 6.45. The Morgan fingerprint density at radius 3 is 2.24 bits per heavy atom. The maximum absolute atomic E-state index is 15.2. The highest BCUT2D eigenvalue weighted by Crippen LogP contribution is 2.35. The van der Waals surface area contributed by atoms with E-state index in [1.54, 1.807) is 36.4 Å². The quantitative estimate of drug-likeness (QED) is 0.174. The van der Waals surface area contributed by atoms with E-state index in [4.69, 9.17) is 9.47 Å². The zero-order valence-corrected chi connectivity index (χ0v) is 22.2. The van der Waals surface area contributed by atoms with Crippen molar-refractivity contribution < 1.29 is 22.6 Å². The van der Waals surface area contributed by atoms with E-state index in [9.17, 15) is 8.78 Å². The summed E-state index contributed by atoms with van der Waals surface area (Å²) in [6, 6.07) is 15.0. The van der Waals surface area contributed by atoms with E-state index < -0.39 is 11.6 Å². The molecule has 1 aliphatic heterocycles. The lowest BCUT2D eigenvalue weighted by Gasteiger charge is -2.29. The monoisotopic (exact) mass is 522 g/mol. The maximum Gasteiger partial charge on any atom is 0.201 e. The van der Waals surface area contributed by atoms with Gasteiger partial charge in [-0.2, -0.15) is 4.39 Å². The first-order valence-corrected chi connectivity index (χ1v) is 13.7. The fraction of sp³-hybridized carbons (Fsp3) is 0.394. The molecule has 38 heavy (non-hydrogen) atoms. The van der Waals surface area contributed by atoms with Gasteiger partial charge in [-0.05, 0) is 54.2 Å². The summed E-state index contributed by atoms with van der Waals surface area (Å²) in [7, 11) is 0. The Morgan fingerprint density at radius 2 is 1.58 bits per heavy atom. The van der Waals surface area contributed by atoms with E-state index >= 15 is 4.39 Å². The predicted molar refractivity (Wildman–Crippen MR) is 148 cm³/mol. The van der Waals surface area contributed by atoms with Gasteiger partial charge in [-0.15, -0.1) is 0 Å². The van der Waals surface area contributed by atoms with Crippen molar-refractivity contribution in [3.05, 3.63) is 90.3 Å². The molecule has 1 heterocycles. The van der Waals surface area contributed by atoms with Gasteiger partial charge in [0.05, 0.1) is 12.7 Å². The molecule has 5 heteroatoms. The van der Waals surface area contributed by atoms with Crippen molar-refractivity contribution in [3.8, 4) is 28.0 Å². The van der Waals surface area contributed by atoms with Crippen LogP contribution in [0.5, 0.6) is 5.75 Å². The molecule has 3 aromatic rings. The van der Waals surface area contributed by atoms with Gasteiger partial charge in [0, 0.05) is 17.0 Å². The Morgan fingerprint density at radius 1 is 0.868 bits per heavy atom. The van der Waals surface area contributed by atoms with Gasteiger partial charge in [-0.3, -0.25) is 0 Å². The molecule has 0 saturated carbocycles. The second kappa shape index (κ2) is 13.7. The number of hydrogen-bond donors (Lipinski definition) is 0. The normalized spacial score (nSPS) is 17.4. The van der Waals surface area contributed by atoms with E-state index in [1.165, 1.54) is 50.3 Å². The molecule has 1 saturated heterocycles. The van der Waals surface area contributed by atoms with Crippen LogP contribution < -0.4 is 4.74 Å². The van der Waals surface area contributed by atoms with Crippen LogP contribution in [0.4, 0.5) is 13.2 Å². The van der Waals surface area contributed by atoms with E-state index in [2.05, 4.69) is 13.5 Å². The molecule has 0 radical (unpaired) electrons. The zero-order chi connectivity index (χ0) is 26.9. The Bertz CT molecular complexity index is 1200. The molecule has 2 unspecified atom stereocenters. The number of hydrogen-bond acceptors (Lipinski definition) is 2. The molecule has 202 valence electrons. The van der Waals surface area contributed by atoms with E-state index in [0.717, 1.165) is 24.8 Å². The average molecular weight is 523 g/mol. The van der Waals surface area contributed by atoms with E-state index in [0.29, 0.717) is 29.4 Å². The van der Waals surface area contributed by atoms with Crippen LogP contribution in [0.3, 0.4) is 0 Å². The topological polar surface area (TPSA) is 18.5 Å². The Hall–Kier alpha value is -3.05. The molecule has 1 aliphatic rings. The first-order valence-electron chi connectivity index (χ1n) is 13.7. The molecular formula is C33H37F3O2. The zero-order valence-electron chi connectivity index (χ0n) is 22.2. The molecule has 0 spiro atoms. The number of unbranched alkanes of at least 4 members (excludes halogenated alkanes) is 4. The van der Waals surface area contributed by atoms with Gasteiger partial charge in [0.2, 0.25) is 5.82 Å². The molecule has 0 bridgehead atoms. The average Bonchev–Trinajstić information content (AvgIpc) is 2.94. The summed E-state index contributed by atoms with van der Waals surface area (Å²) in [5.74, 6) is -2.28. The second-order valence-electron chi connectivity index (χ2n) is 10.1. The van der Waals surface area contributed by atoms with Crippen molar-refractivity contribution in [2.24, 2.45) is 0 Å². The fourth-order valence-electron chi connectivity index (χ4n) is 5.14. The molecule has 2 nitrogen and oxygen atoms in total. The van der Waals surface area contributed by atoms with Crippen LogP contribution in [0.1, 0.15) is 69.8 Å². The Balaban J connectivity index is 1.38. The standard InChI is InChI=1S/C33H37F3O2/c1-3-5-6-7-8-9-27-16-14-26(22-38-27)25-15-17-28(30(34)21-25)23-10-12-24(13-11-23)29-18-19-31(37-20-4-2)33(36)32(29)35/h4,10-13,15,17-19,21,26-27H,2-3,5-9,14,16,20,22H2,1H3. The van der Waals surface area contributed by atoms with Gasteiger partial charge < -0.3 is 9.47 Å². The van der Waals surface area contributed by atoms with E-state index in [-0.39, 0.29) is 29.7 Å².